The maximum Gasteiger partial charge on any atom is 0.339 e. The molecule has 2 heterocycles. The number of aliphatic hydroxyl groups excluding tert-OH is 1. The van der Waals surface area contributed by atoms with Gasteiger partial charge in [0.05, 0.1) is 18.3 Å². The van der Waals surface area contributed by atoms with Crippen LogP contribution in [0.25, 0.3) is 0 Å². The number of carboxylic acid groups (broad SMARTS) is 1. The molecule has 0 unspecified atom stereocenters. The number of para-hydroxylation sites is 1. The lowest BCUT2D eigenvalue weighted by atomic mass is 10.1. The maximum atomic E-state index is 11.3. The van der Waals surface area contributed by atoms with Gasteiger partial charge in [-0.05, 0) is 19.1 Å². The third-order valence-electron chi connectivity index (χ3n) is 3.30. The lowest BCUT2D eigenvalue weighted by Crippen LogP contribution is -2.42. The molecule has 0 bridgehead atoms. The van der Waals surface area contributed by atoms with Crippen molar-refractivity contribution in [3.8, 4) is 5.75 Å². The van der Waals surface area contributed by atoms with Gasteiger partial charge in [-0.3, -0.25) is 0 Å². The van der Waals surface area contributed by atoms with E-state index in [9.17, 15) is 15.0 Å². The smallest absolute Gasteiger partial charge is 0.339 e. The first kappa shape index (κ1) is 13.8. The number of carboxylic acids is 1. The lowest BCUT2D eigenvalue weighted by molar-refractivity contribution is 0.0690. The highest BCUT2D eigenvalue weighted by molar-refractivity contribution is 7.15. The summed E-state index contributed by atoms with van der Waals surface area (Å²) in [4.78, 5) is 18.5. The zero-order valence-electron chi connectivity index (χ0n) is 11.3. The van der Waals surface area contributed by atoms with Crippen LogP contribution in [0.15, 0.2) is 24.4 Å². The first-order valence-electron chi connectivity index (χ1n) is 6.43. The van der Waals surface area contributed by atoms with Crippen LogP contribution in [0.1, 0.15) is 15.2 Å². The van der Waals surface area contributed by atoms with E-state index in [4.69, 9.17) is 4.74 Å². The molecule has 21 heavy (non-hydrogen) atoms. The summed E-state index contributed by atoms with van der Waals surface area (Å²) < 4.78 is 5.57. The molecule has 0 saturated carbocycles. The first-order chi connectivity index (χ1) is 10.1. The molecule has 1 aromatic carbocycles. The van der Waals surface area contributed by atoms with E-state index in [2.05, 4.69) is 4.98 Å². The van der Waals surface area contributed by atoms with Crippen LogP contribution in [-0.4, -0.2) is 40.4 Å². The zero-order chi connectivity index (χ0) is 15.0. The molecule has 1 aromatic heterocycles. The fourth-order valence-corrected chi connectivity index (χ4v) is 3.18. The predicted octanol–water partition coefficient (Wildman–Crippen LogP) is 2.04. The number of carbonyl (C=O) groups is 1. The first-order valence-corrected chi connectivity index (χ1v) is 7.25. The van der Waals surface area contributed by atoms with Gasteiger partial charge >= 0.3 is 5.97 Å². The Morgan fingerprint density at radius 1 is 1.57 bits per heavy atom. The zero-order valence-corrected chi connectivity index (χ0v) is 12.1. The molecule has 1 aliphatic heterocycles. The SMILES string of the molecule is Cc1cnc(N2c3cccc(C(=O)O)c3OC[C@@H]2CO)s1. The average Bonchev–Trinajstić information content (AvgIpc) is 2.91. The van der Waals surface area contributed by atoms with E-state index in [0.717, 1.165) is 10.0 Å². The van der Waals surface area contributed by atoms with Crippen LogP contribution in [-0.2, 0) is 0 Å². The van der Waals surface area contributed by atoms with Crippen LogP contribution in [0.2, 0.25) is 0 Å². The number of aromatic carboxylic acids is 1. The number of nitrogens with zero attached hydrogens (tertiary/aromatic N) is 2. The maximum absolute atomic E-state index is 11.3. The Hall–Kier alpha value is -2.12. The Bertz CT molecular complexity index is 685. The Kier molecular flexibility index (Phi) is 3.52. The van der Waals surface area contributed by atoms with E-state index in [0.29, 0.717) is 11.4 Å². The summed E-state index contributed by atoms with van der Waals surface area (Å²) in [5.41, 5.74) is 0.733. The summed E-state index contributed by atoms with van der Waals surface area (Å²) in [5, 5.41) is 19.6. The highest BCUT2D eigenvalue weighted by Gasteiger charge is 2.32. The minimum Gasteiger partial charge on any atom is -0.488 e. The predicted molar refractivity (Wildman–Crippen MR) is 78.8 cm³/mol. The topological polar surface area (TPSA) is 82.9 Å². The quantitative estimate of drug-likeness (QED) is 0.903. The van der Waals surface area contributed by atoms with E-state index < -0.39 is 5.97 Å². The number of rotatable bonds is 3. The van der Waals surface area contributed by atoms with Gasteiger partial charge in [-0.15, -0.1) is 11.3 Å². The highest BCUT2D eigenvalue weighted by atomic mass is 32.1. The Morgan fingerprint density at radius 3 is 3.00 bits per heavy atom. The van der Waals surface area contributed by atoms with Crippen molar-refractivity contribution < 1.29 is 19.7 Å². The largest absolute Gasteiger partial charge is 0.488 e. The minimum atomic E-state index is -1.04. The summed E-state index contributed by atoms with van der Waals surface area (Å²) in [7, 11) is 0. The molecule has 0 amide bonds. The molecule has 0 radical (unpaired) electrons. The summed E-state index contributed by atoms with van der Waals surface area (Å²) in [5.74, 6) is -0.716. The number of ether oxygens (including phenoxy) is 1. The Morgan fingerprint density at radius 2 is 2.38 bits per heavy atom. The standard InChI is InChI=1S/C14H14N2O4S/c1-8-5-15-14(21-8)16-9(6-17)7-20-12-10(13(18)19)3-2-4-11(12)16/h2-5,9,17H,6-7H2,1H3,(H,18,19)/t9-/m0/s1. The summed E-state index contributed by atoms with van der Waals surface area (Å²) in [6.07, 6.45) is 1.75. The van der Waals surface area contributed by atoms with Crippen molar-refractivity contribution in [1.82, 2.24) is 4.98 Å². The molecule has 1 aliphatic rings. The van der Waals surface area contributed by atoms with Crippen molar-refractivity contribution in [1.29, 1.82) is 0 Å². The van der Waals surface area contributed by atoms with Crippen molar-refractivity contribution in [2.24, 2.45) is 0 Å². The van der Waals surface area contributed by atoms with Crippen molar-refractivity contribution in [3.05, 3.63) is 34.8 Å². The van der Waals surface area contributed by atoms with Crippen LogP contribution >= 0.6 is 11.3 Å². The van der Waals surface area contributed by atoms with Gasteiger partial charge in [0.2, 0.25) is 0 Å². The normalized spacial score (nSPS) is 17.2. The minimum absolute atomic E-state index is 0.102. The molecule has 6 nitrogen and oxygen atoms in total. The van der Waals surface area contributed by atoms with E-state index >= 15 is 0 Å². The number of fused-ring (bicyclic) bond motifs is 1. The van der Waals surface area contributed by atoms with Gasteiger partial charge in [-0.25, -0.2) is 9.78 Å². The van der Waals surface area contributed by atoms with E-state index in [1.165, 1.54) is 17.4 Å². The number of benzene rings is 1. The van der Waals surface area contributed by atoms with E-state index in [-0.39, 0.29) is 24.8 Å². The fraction of sp³-hybridized carbons (Fsp3) is 0.286. The van der Waals surface area contributed by atoms with Crippen molar-refractivity contribution in [3.63, 3.8) is 0 Å². The average molecular weight is 306 g/mol. The number of aliphatic hydroxyl groups is 1. The molecule has 110 valence electrons. The van der Waals surface area contributed by atoms with Gasteiger partial charge in [0.15, 0.2) is 10.9 Å². The van der Waals surface area contributed by atoms with Gasteiger partial charge in [0.1, 0.15) is 12.2 Å². The second kappa shape index (κ2) is 5.34. The van der Waals surface area contributed by atoms with Gasteiger partial charge in [0.25, 0.3) is 0 Å². The van der Waals surface area contributed by atoms with Crippen LogP contribution in [0, 0.1) is 6.92 Å². The fourth-order valence-electron chi connectivity index (χ4n) is 2.33. The van der Waals surface area contributed by atoms with Crippen molar-refractivity contribution in [2.45, 2.75) is 13.0 Å². The number of aryl methyl sites for hydroxylation is 1. The Balaban J connectivity index is 2.15. The van der Waals surface area contributed by atoms with Gasteiger partial charge in [-0.1, -0.05) is 6.07 Å². The number of hydrogen-bond acceptors (Lipinski definition) is 6. The summed E-state index contributed by atoms with van der Waals surface area (Å²) in [6, 6.07) is 4.66. The van der Waals surface area contributed by atoms with Gasteiger partial charge in [0, 0.05) is 11.1 Å². The Labute approximate surface area is 125 Å². The summed E-state index contributed by atoms with van der Waals surface area (Å²) >= 11 is 1.49. The molecule has 0 saturated heterocycles. The van der Waals surface area contributed by atoms with E-state index in [1.54, 1.807) is 18.3 Å². The van der Waals surface area contributed by atoms with Crippen LogP contribution in [0.3, 0.4) is 0 Å². The molecule has 2 aromatic rings. The van der Waals surface area contributed by atoms with Crippen LogP contribution in [0.4, 0.5) is 10.8 Å². The number of hydrogen-bond donors (Lipinski definition) is 2. The second-order valence-electron chi connectivity index (χ2n) is 4.73. The molecule has 7 heteroatoms. The lowest BCUT2D eigenvalue weighted by Gasteiger charge is -2.36. The van der Waals surface area contributed by atoms with Crippen molar-refractivity contribution >= 4 is 28.1 Å². The molecule has 1 atom stereocenters. The molecule has 3 rings (SSSR count). The van der Waals surface area contributed by atoms with Gasteiger partial charge in [-0.2, -0.15) is 0 Å². The molecule has 0 spiro atoms. The molecule has 2 N–H and O–H groups in total. The molecule has 0 aliphatic carbocycles. The second-order valence-corrected chi connectivity index (χ2v) is 5.94. The van der Waals surface area contributed by atoms with Crippen LogP contribution in [0.5, 0.6) is 5.75 Å². The number of anilines is 2. The number of thiazole rings is 1. The van der Waals surface area contributed by atoms with Gasteiger partial charge < -0.3 is 19.8 Å². The monoisotopic (exact) mass is 306 g/mol. The summed E-state index contributed by atoms with van der Waals surface area (Å²) in [6.45, 7) is 2.06. The highest BCUT2D eigenvalue weighted by Crippen LogP contribution is 2.42. The third-order valence-corrected chi connectivity index (χ3v) is 4.21. The molecular formula is C14H14N2O4S. The molecular weight excluding hydrogens is 292 g/mol. The van der Waals surface area contributed by atoms with E-state index in [1.807, 2.05) is 11.8 Å². The number of aromatic nitrogens is 1. The van der Waals surface area contributed by atoms with Crippen LogP contribution < -0.4 is 9.64 Å². The molecule has 0 fully saturated rings. The third kappa shape index (κ3) is 2.34. The van der Waals surface area contributed by atoms with Crippen molar-refractivity contribution in [2.75, 3.05) is 18.1 Å².